The molecule has 8 rings (SSSR count). The summed E-state index contributed by atoms with van der Waals surface area (Å²) in [4.78, 5) is 0. The Hall–Kier alpha value is -2.71. The average molecular weight is 987 g/mol. The van der Waals surface area contributed by atoms with Crippen LogP contribution in [0.25, 0.3) is 33.4 Å². The molecule has 0 fully saturated rings. The van der Waals surface area contributed by atoms with Crippen LogP contribution in [0.1, 0.15) is 92.5 Å². The van der Waals surface area contributed by atoms with Crippen LogP contribution in [0.2, 0.25) is 0 Å². The van der Waals surface area contributed by atoms with Crippen molar-refractivity contribution in [3.05, 3.63) is 193 Å². The zero-order valence-electron chi connectivity index (χ0n) is 34.5. The van der Waals surface area contributed by atoms with E-state index >= 15 is 0 Å². The third-order valence-corrected chi connectivity index (χ3v) is 20.7. The number of halogens is 6. The molecule has 0 saturated heterocycles. The molecule has 0 amide bonds. The van der Waals surface area contributed by atoms with E-state index in [0.717, 1.165) is 24.0 Å². The summed E-state index contributed by atoms with van der Waals surface area (Å²) < 4.78 is 1.21. The summed E-state index contributed by atoms with van der Waals surface area (Å²) in [5.74, 6) is 0. The van der Waals surface area contributed by atoms with Gasteiger partial charge in [0.25, 0.3) is 0 Å². The number of hydrogen-bond donors (Lipinski definition) is 0. The summed E-state index contributed by atoms with van der Waals surface area (Å²) in [7, 11) is 0. The molecule has 2 aliphatic carbocycles. The van der Waals surface area contributed by atoms with Gasteiger partial charge in [-0.1, -0.05) is 0 Å². The molecule has 0 spiro atoms. The third-order valence-electron chi connectivity index (χ3n) is 11.7. The van der Waals surface area contributed by atoms with Crippen molar-refractivity contribution in [1.29, 1.82) is 0 Å². The zero-order chi connectivity index (χ0) is 42.8. The Morgan fingerprint density at radius 2 is 1.03 bits per heavy atom. The minimum atomic E-state index is -3.34. The van der Waals surface area contributed by atoms with E-state index in [1.54, 1.807) is 0 Å². The normalized spacial score (nSPS) is 13.9. The summed E-state index contributed by atoms with van der Waals surface area (Å²) in [5, 5.41) is 0. The van der Waals surface area contributed by atoms with Crippen LogP contribution in [-0.4, -0.2) is 3.21 Å². The fraction of sp³-hybridized carbons (Fsp3) is 0.226. The first-order valence-corrected chi connectivity index (χ1v) is 26.2. The van der Waals surface area contributed by atoms with E-state index in [2.05, 4.69) is 163 Å². The average Bonchev–Trinajstić information content (AvgIpc) is 3.87. The molecule has 0 heterocycles. The molecular weight excluding hydrogens is 941 g/mol. The predicted octanol–water partition coefficient (Wildman–Crippen LogP) is 16.2. The first-order chi connectivity index (χ1) is 28.3. The van der Waals surface area contributed by atoms with E-state index in [-0.39, 0.29) is 10.8 Å². The monoisotopic (exact) mass is 982 g/mol. The molecule has 0 atom stereocenters. The molecule has 2 aliphatic rings. The molecule has 0 aliphatic heterocycles. The molecule has 304 valence electrons. The summed E-state index contributed by atoms with van der Waals surface area (Å²) in [6.07, 6.45) is 8.65. The SMILES string of the molecule is CC(C)(C)c1cc2c(cc1-c1ccccc1)Cc1c-2cc(C(C)(C)C)c(-c2ccccc2)[c]1[Zr]([C]1=CC=CC1)=[C](c1ccc(C(Cl)(Cl)Cl)cc1)c1ccc(C(Cl)(Cl)Cl)cc1. The molecule has 0 bridgehead atoms. The second kappa shape index (κ2) is 16.8. The van der Waals surface area contributed by atoms with Crippen molar-refractivity contribution in [2.45, 2.75) is 72.8 Å². The predicted molar refractivity (Wildman–Crippen MR) is 259 cm³/mol. The van der Waals surface area contributed by atoms with Gasteiger partial charge in [-0.3, -0.25) is 0 Å². The van der Waals surface area contributed by atoms with E-state index in [4.69, 9.17) is 69.6 Å². The number of rotatable bonds is 6. The summed E-state index contributed by atoms with van der Waals surface area (Å²) in [6.45, 7) is 14.1. The van der Waals surface area contributed by atoms with Crippen molar-refractivity contribution in [3.63, 3.8) is 0 Å². The molecule has 6 aromatic rings. The van der Waals surface area contributed by atoms with Gasteiger partial charge in [0.15, 0.2) is 0 Å². The van der Waals surface area contributed by atoms with E-state index in [0.29, 0.717) is 11.1 Å². The van der Waals surface area contributed by atoms with Crippen LogP contribution in [0.15, 0.2) is 149 Å². The van der Waals surface area contributed by atoms with Crippen LogP contribution in [0.5, 0.6) is 0 Å². The number of allylic oxidation sites excluding steroid dienone is 4. The van der Waals surface area contributed by atoms with Crippen molar-refractivity contribution >= 4 is 76.1 Å². The number of alkyl halides is 6. The van der Waals surface area contributed by atoms with Crippen LogP contribution in [0, 0.1) is 0 Å². The van der Waals surface area contributed by atoms with Gasteiger partial charge in [-0.15, -0.1) is 0 Å². The van der Waals surface area contributed by atoms with Crippen LogP contribution in [0.4, 0.5) is 0 Å². The maximum absolute atomic E-state index is 6.46. The van der Waals surface area contributed by atoms with E-state index < -0.39 is 28.9 Å². The maximum atomic E-state index is 6.46. The van der Waals surface area contributed by atoms with Gasteiger partial charge in [-0.25, -0.2) is 0 Å². The summed E-state index contributed by atoms with van der Waals surface area (Å²) >= 11 is 35.4. The Morgan fingerprint density at radius 3 is 1.50 bits per heavy atom. The van der Waals surface area contributed by atoms with Crippen LogP contribution < -0.4 is 3.27 Å². The van der Waals surface area contributed by atoms with Gasteiger partial charge >= 0.3 is 397 Å². The van der Waals surface area contributed by atoms with Crippen molar-refractivity contribution in [1.82, 2.24) is 0 Å². The fourth-order valence-corrected chi connectivity index (χ4v) is 18.0. The molecule has 7 heteroatoms. The third kappa shape index (κ3) is 8.77. The van der Waals surface area contributed by atoms with Crippen LogP contribution in [0.3, 0.4) is 0 Å². The molecule has 0 nitrogen and oxygen atoms in total. The van der Waals surface area contributed by atoms with Gasteiger partial charge in [0, 0.05) is 0 Å². The topological polar surface area (TPSA) is 0 Å². The summed E-state index contributed by atoms with van der Waals surface area (Å²) in [6, 6.07) is 45.7. The van der Waals surface area contributed by atoms with Crippen molar-refractivity contribution in [2.24, 2.45) is 0 Å². The first-order valence-electron chi connectivity index (χ1n) is 20.3. The second-order valence-corrected chi connectivity index (χ2v) is 28.3. The Morgan fingerprint density at radius 1 is 0.533 bits per heavy atom. The molecule has 6 aromatic carbocycles. The van der Waals surface area contributed by atoms with Gasteiger partial charge in [0.05, 0.1) is 0 Å². The van der Waals surface area contributed by atoms with Crippen molar-refractivity contribution < 1.29 is 21.3 Å². The Balaban J connectivity index is 1.55. The molecule has 0 aromatic heterocycles. The first kappa shape index (κ1) is 43.9. The fourth-order valence-electron chi connectivity index (χ4n) is 8.81. The van der Waals surface area contributed by atoms with Crippen LogP contribution >= 0.6 is 69.6 Å². The van der Waals surface area contributed by atoms with Crippen molar-refractivity contribution in [2.75, 3.05) is 0 Å². The van der Waals surface area contributed by atoms with E-state index in [1.165, 1.54) is 65.4 Å². The molecule has 60 heavy (non-hydrogen) atoms. The van der Waals surface area contributed by atoms with Gasteiger partial charge in [0.1, 0.15) is 0 Å². The Labute approximate surface area is 393 Å². The minimum absolute atomic E-state index is 0.0808. The van der Waals surface area contributed by atoms with Gasteiger partial charge in [0.2, 0.25) is 0 Å². The Kier molecular flexibility index (Phi) is 12.3. The van der Waals surface area contributed by atoms with Crippen molar-refractivity contribution in [3.8, 4) is 33.4 Å². The van der Waals surface area contributed by atoms with Crippen LogP contribution in [-0.2, 0) is 46.1 Å². The summed E-state index contributed by atoms with van der Waals surface area (Å²) in [5.41, 5.74) is 16.5. The van der Waals surface area contributed by atoms with Gasteiger partial charge in [-0.05, 0) is 0 Å². The number of hydrogen-bond acceptors (Lipinski definition) is 0. The standard InChI is InChI=1S/C33H33.C15H8Cl6.C5H5.Zr/c1-32(2,3)30-20-26-24(18-28(30)22-13-9-7-10-14-22)17-25-19-29(23-15-11-8-12-16-23)31(21-27(25)26)33(4,5)6;16-14(17,18)12-5-1-10(2-6-12)9-11-3-7-13(8-4-11)15(19,20)21;1-2-4-5-3-1;/h7-16,18,20-21H,17H2,1-6H3;1-8H;1-3H,4H2;. The number of benzene rings is 6. The van der Waals surface area contributed by atoms with E-state index in [1.807, 2.05) is 24.3 Å². The molecule has 0 N–H and O–H groups in total. The van der Waals surface area contributed by atoms with E-state index in [9.17, 15) is 0 Å². The zero-order valence-corrected chi connectivity index (χ0v) is 41.5. The molecular formula is C53H46Cl6Zr. The second-order valence-electron chi connectivity index (χ2n) is 17.9. The molecule has 0 saturated carbocycles. The Bertz CT molecular complexity index is 2620. The molecule has 0 unspecified atom stereocenters. The number of fused-ring (bicyclic) bond motifs is 3. The van der Waals surface area contributed by atoms with Gasteiger partial charge in [-0.2, -0.15) is 0 Å². The van der Waals surface area contributed by atoms with Gasteiger partial charge < -0.3 is 0 Å². The molecule has 0 radical (unpaired) electrons. The quantitative estimate of drug-likeness (QED) is 0.146.